The number of aromatic nitrogens is 2. The monoisotopic (exact) mass is 166 g/mol. The van der Waals surface area contributed by atoms with Crippen molar-refractivity contribution >= 4 is 5.97 Å². The molecule has 1 aromatic heterocycles. The van der Waals surface area contributed by atoms with Gasteiger partial charge in [-0.15, -0.1) is 0 Å². The lowest BCUT2D eigenvalue weighted by molar-refractivity contribution is -0.142. The summed E-state index contributed by atoms with van der Waals surface area (Å²) in [4.78, 5) is 18.5. The molecule has 0 bridgehead atoms. The van der Waals surface area contributed by atoms with E-state index in [0.717, 1.165) is 0 Å². The second-order valence-electron chi connectivity index (χ2n) is 3.02. The molecular weight excluding hydrogens is 156 g/mol. The summed E-state index contributed by atoms with van der Waals surface area (Å²) in [5, 5.41) is 8.83. The molecule has 1 aromatic rings. The summed E-state index contributed by atoms with van der Waals surface area (Å²) in [7, 11) is 0. The molecule has 0 saturated carbocycles. The Kier molecular flexibility index (Phi) is 2.08. The van der Waals surface area contributed by atoms with Gasteiger partial charge in [-0.25, -0.2) is 0 Å². The first kappa shape index (κ1) is 8.64. The van der Waals surface area contributed by atoms with E-state index in [1.807, 2.05) is 0 Å². The van der Waals surface area contributed by atoms with E-state index in [1.54, 1.807) is 13.8 Å². The zero-order valence-electron chi connectivity index (χ0n) is 6.98. The Balaban J connectivity index is 3.06. The lowest BCUT2D eigenvalue weighted by atomic mass is 9.90. The predicted octanol–water partition coefficient (Wildman–Crippen LogP) is 0.839. The first-order chi connectivity index (χ1) is 5.55. The summed E-state index contributed by atoms with van der Waals surface area (Å²) in [5.41, 5.74) is -0.494. The molecule has 4 heteroatoms. The number of carbonyl (C=O) groups is 1. The SMILES string of the molecule is CC(C)(C(=O)O)c1cnccn1. The highest BCUT2D eigenvalue weighted by Gasteiger charge is 2.30. The van der Waals surface area contributed by atoms with Crippen molar-refractivity contribution in [3.8, 4) is 0 Å². The van der Waals surface area contributed by atoms with Crippen molar-refractivity contribution < 1.29 is 9.90 Å². The number of rotatable bonds is 2. The first-order valence-corrected chi connectivity index (χ1v) is 3.55. The van der Waals surface area contributed by atoms with Gasteiger partial charge in [0.25, 0.3) is 0 Å². The van der Waals surface area contributed by atoms with Crippen molar-refractivity contribution in [1.29, 1.82) is 0 Å². The van der Waals surface area contributed by atoms with Gasteiger partial charge in [-0.1, -0.05) is 0 Å². The van der Waals surface area contributed by atoms with Crippen molar-refractivity contribution in [2.75, 3.05) is 0 Å². The van der Waals surface area contributed by atoms with Crippen LogP contribution in [0, 0.1) is 0 Å². The molecule has 1 rings (SSSR count). The van der Waals surface area contributed by atoms with E-state index >= 15 is 0 Å². The fourth-order valence-corrected chi connectivity index (χ4v) is 0.731. The van der Waals surface area contributed by atoms with Crippen LogP contribution in [0.2, 0.25) is 0 Å². The van der Waals surface area contributed by atoms with Gasteiger partial charge in [0.2, 0.25) is 0 Å². The molecule has 64 valence electrons. The Bertz CT molecular complexity index is 282. The van der Waals surface area contributed by atoms with Crippen molar-refractivity contribution in [3.63, 3.8) is 0 Å². The fourth-order valence-electron chi connectivity index (χ4n) is 0.731. The number of hydrogen-bond donors (Lipinski definition) is 1. The number of hydrogen-bond acceptors (Lipinski definition) is 3. The lowest BCUT2D eigenvalue weighted by Crippen LogP contribution is -2.29. The molecule has 0 aliphatic carbocycles. The molecule has 0 radical (unpaired) electrons. The molecule has 0 aromatic carbocycles. The zero-order chi connectivity index (χ0) is 9.19. The van der Waals surface area contributed by atoms with E-state index in [9.17, 15) is 4.79 Å². The van der Waals surface area contributed by atoms with Crippen LogP contribution in [0.5, 0.6) is 0 Å². The minimum Gasteiger partial charge on any atom is -0.481 e. The third-order valence-electron chi connectivity index (χ3n) is 1.74. The third-order valence-corrected chi connectivity index (χ3v) is 1.74. The molecule has 0 atom stereocenters. The van der Waals surface area contributed by atoms with E-state index in [1.165, 1.54) is 18.6 Å². The van der Waals surface area contributed by atoms with Crippen LogP contribution in [0.15, 0.2) is 18.6 Å². The van der Waals surface area contributed by atoms with Crippen LogP contribution in [0.4, 0.5) is 0 Å². The Morgan fingerprint density at radius 2 is 2.17 bits per heavy atom. The summed E-state index contributed by atoms with van der Waals surface area (Å²) in [6.45, 7) is 3.19. The molecule has 0 fully saturated rings. The summed E-state index contributed by atoms with van der Waals surface area (Å²) in [5.74, 6) is -0.900. The normalized spacial score (nSPS) is 11.2. The molecule has 0 spiro atoms. The van der Waals surface area contributed by atoms with Gasteiger partial charge in [0.05, 0.1) is 5.69 Å². The quantitative estimate of drug-likeness (QED) is 0.707. The fraction of sp³-hybridized carbons (Fsp3) is 0.375. The second-order valence-corrected chi connectivity index (χ2v) is 3.02. The molecular formula is C8H10N2O2. The molecule has 1 heterocycles. The molecule has 0 saturated heterocycles. The molecule has 12 heavy (non-hydrogen) atoms. The van der Waals surface area contributed by atoms with Crippen molar-refractivity contribution in [3.05, 3.63) is 24.3 Å². The molecule has 4 nitrogen and oxygen atoms in total. The van der Waals surface area contributed by atoms with Crippen LogP contribution >= 0.6 is 0 Å². The maximum atomic E-state index is 10.8. The van der Waals surface area contributed by atoms with Crippen molar-refractivity contribution in [2.45, 2.75) is 19.3 Å². The van der Waals surface area contributed by atoms with Crippen molar-refractivity contribution in [1.82, 2.24) is 9.97 Å². The van der Waals surface area contributed by atoms with Gasteiger partial charge in [-0.05, 0) is 13.8 Å². The highest BCUT2D eigenvalue weighted by atomic mass is 16.4. The van der Waals surface area contributed by atoms with E-state index in [2.05, 4.69) is 9.97 Å². The Labute approximate surface area is 70.3 Å². The minimum absolute atomic E-state index is 0.470. The van der Waals surface area contributed by atoms with Crippen molar-refractivity contribution in [2.24, 2.45) is 0 Å². The van der Waals surface area contributed by atoms with Crippen LogP contribution in [0.3, 0.4) is 0 Å². The Morgan fingerprint density at radius 1 is 1.50 bits per heavy atom. The third kappa shape index (κ3) is 1.42. The van der Waals surface area contributed by atoms with Gasteiger partial charge >= 0.3 is 5.97 Å². The van der Waals surface area contributed by atoms with Crippen LogP contribution in [-0.2, 0) is 10.2 Å². The predicted molar refractivity (Wildman–Crippen MR) is 42.7 cm³/mol. The second kappa shape index (κ2) is 2.89. The summed E-state index contributed by atoms with van der Waals surface area (Å²) < 4.78 is 0. The van der Waals surface area contributed by atoms with E-state index in [4.69, 9.17) is 5.11 Å². The number of carboxylic acids is 1. The van der Waals surface area contributed by atoms with E-state index in [0.29, 0.717) is 5.69 Å². The largest absolute Gasteiger partial charge is 0.481 e. The average molecular weight is 166 g/mol. The van der Waals surface area contributed by atoms with Gasteiger partial charge in [0, 0.05) is 18.6 Å². The smallest absolute Gasteiger partial charge is 0.315 e. The average Bonchev–Trinajstić information content (AvgIpc) is 2.06. The Morgan fingerprint density at radius 3 is 2.58 bits per heavy atom. The van der Waals surface area contributed by atoms with Gasteiger partial charge in [-0.2, -0.15) is 0 Å². The molecule has 0 amide bonds. The highest BCUT2D eigenvalue weighted by Crippen LogP contribution is 2.19. The molecule has 0 unspecified atom stereocenters. The van der Waals surface area contributed by atoms with Gasteiger partial charge < -0.3 is 5.11 Å². The number of aliphatic carboxylic acids is 1. The van der Waals surface area contributed by atoms with Gasteiger partial charge in [0.1, 0.15) is 5.41 Å². The van der Waals surface area contributed by atoms with Gasteiger partial charge in [0.15, 0.2) is 0 Å². The number of nitrogens with zero attached hydrogens (tertiary/aromatic N) is 2. The van der Waals surface area contributed by atoms with Crippen LogP contribution in [0.1, 0.15) is 19.5 Å². The van der Waals surface area contributed by atoms with E-state index < -0.39 is 11.4 Å². The lowest BCUT2D eigenvalue weighted by Gasteiger charge is -2.16. The summed E-state index contributed by atoms with van der Waals surface area (Å²) in [6, 6.07) is 0. The maximum Gasteiger partial charge on any atom is 0.315 e. The molecule has 1 N–H and O–H groups in total. The van der Waals surface area contributed by atoms with E-state index in [-0.39, 0.29) is 0 Å². The summed E-state index contributed by atoms with van der Waals surface area (Å²) >= 11 is 0. The minimum atomic E-state index is -0.964. The highest BCUT2D eigenvalue weighted by molar-refractivity contribution is 5.79. The standard InChI is InChI=1S/C8H10N2O2/c1-8(2,7(11)12)6-5-9-3-4-10-6/h3-5H,1-2H3,(H,11,12). The van der Waals surface area contributed by atoms with Gasteiger partial charge in [-0.3, -0.25) is 14.8 Å². The topological polar surface area (TPSA) is 63.1 Å². The van der Waals surface area contributed by atoms with Crippen LogP contribution < -0.4 is 0 Å². The van der Waals surface area contributed by atoms with Crippen LogP contribution in [-0.4, -0.2) is 21.0 Å². The zero-order valence-corrected chi connectivity index (χ0v) is 6.98. The first-order valence-electron chi connectivity index (χ1n) is 3.55. The molecule has 0 aliphatic rings. The molecule has 0 aliphatic heterocycles. The van der Waals surface area contributed by atoms with Crippen LogP contribution in [0.25, 0.3) is 0 Å². The number of carboxylic acid groups (broad SMARTS) is 1. The Hall–Kier alpha value is -1.45. The summed E-state index contributed by atoms with van der Waals surface area (Å²) in [6.07, 6.45) is 4.47. The maximum absolute atomic E-state index is 10.8.